The molecule has 3 atom stereocenters. The molecule has 18 heavy (non-hydrogen) atoms. The largest absolute Gasteiger partial charge is 0.393 e. The van der Waals surface area contributed by atoms with Gasteiger partial charge in [0.1, 0.15) is 0 Å². The van der Waals surface area contributed by atoms with Crippen molar-refractivity contribution in [2.45, 2.75) is 57.1 Å². The first-order valence-electron chi connectivity index (χ1n) is 6.53. The van der Waals surface area contributed by atoms with E-state index in [1.165, 1.54) is 0 Å². The van der Waals surface area contributed by atoms with E-state index in [9.17, 15) is 18.7 Å². The lowest BCUT2D eigenvalue weighted by atomic mass is 9.75. The van der Waals surface area contributed by atoms with Crippen molar-refractivity contribution in [3.8, 4) is 0 Å². The van der Waals surface area contributed by atoms with Crippen LogP contribution >= 0.6 is 0 Å². The first kappa shape index (κ1) is 13.5. The molecule has 1 saturated carbocycles. The van der Waals surface area contributed by atoms with Crippen LogP contribution in [-0.2, 0) is 4.79 Å². The first-order chi connectivity index (χ1) is 8.56. The van der Waals surface area contributed by atoms with E-state index in [0.29, 0.717) is 19.3 Å². The summed E-state index contributed by atoms with van der Waals surface area (Å²) in [4.78, 5) is 11.5. The molecule has 0 spiro atoms. The Bertz CT molecular complexity index is 344. The average Bonchev–Trinajstić information content (AvgIpc) is 2.27. The first-order valence-corrected chi connectivity index (χ1v) is 6.53. The standard InChI is InChI=1S/C13H19F2NO2/c14-12(15)3-1-2-8-6-13(18)16-11-7-9(17)4-5-10(8)11/h6,9-12,17H,1-5,7H2,(H,16,18). The van der Waals surface area contributed by atoms with Crippen molar-refractivity contribution >= 4 is 5.91 Å². The summed E-state index contributed by atoms with van der Waals surface area (Å²) in [6, 6.07) is -0.0206. The van der Waals surface area contributed by atoms with Crippen LogP contribution in [0.2, 0.25) is 0 Å². The molecule has 102 valence electrons. The number of carbonyl (C=O) groups excluding carboxylic acids is 1. The van der Waals surface area contributed by atoms with Gasteiger partial charge in [-0.2, -0.15) is 0 Å². The Hall–Kier alpha value is -0.970. The lowest BCUT2D eigenvalue weighted by Gasteiger charge is -2.38. The quantitative estimate of drug-likeness (QED) is 0.811. The SMILES string of the molecule is O=C1C=C(CCCC(F)F)C2CCC(O)CC2N1. The zero-order valence-corrected chi connectivity index (χ0v) is 10.2. The van der Waals surface area contributed by atoms with Crippen molar-refractivity contribution < 1.29 is 18.7 Å². The number of halogens is 2. The molecule has 0 radical (unpaired) electrons. The summed E-state index contributed by atoms with van der Waals surface area (Å²) >= 11 is 0. The van der Waals surface area contributed by atoms with Gasteiger partial charge in [-0.25, -0.2) is 8.78 Å². The summed E-state index contributed by atoms with van der Waals surface area (Å²) in [7, 11) is 0. The molecule has 3 nitrogen and oxygen atoms in total. The molecule has 3 unspecified atom stereocenters. The second-order valence-electron chi connectivity index (χ2n) is 5.19. The van der Waals surface area contributed by atoms with Crippen LogP contribution in [0.15, 0.2) is 11.6 Å². The highest BCUT2D eigenvalue weighted by Gasteiger charge is 2.35. The topological polar surface area (TPSA) is 49.3 Å². The summed E-state index contributed by atoms with van der Waals surface area (Å²) in [5.74, 6) is 0.0705. The van der Waals surface area contributed by atoms with Gasteiger partial charge in [0.05, 0.1) is 6.10 Å². The Morgan fingerprint density at radius 2 is 2.22 bits per heavy atom. The Balaban J connectivity index is 1.97. The van der Waals surface area contributed by atoms with Crippen molar-refractivity contribution in [3.63, 3.8) is 0 Å². The molecule has 2 rings (SSSR count). The predicted molar refractivity (Wildman–Crippen MR) is 63.2 cm³/mol. The van der Waals surface area contributed by atoms with Gasteiger partial charge in [0.2, 0.25) is 12.3 Å². The molecule has 0 aromatic carbocycles. The molecular formula is C13H19F2NO2. The molecule has 0 bridgehead atoms. The highest BCUT2D eigenvalue weighted by Crippen LogP contribution is 2.35. The van der Waals surface area contributed by atoms with Gasteiger partial charge in [-0.3, -0.25) is 4.79 Å². The van der Waals surface area contributed by atoms with Gasteiger partial charge in [-0.1, -0.05) is 5.57 Å². The number of fused-ring (bicyclic) bond motifs is 1. The van der Waals surface area contributed by atoms with Crippen LogP contribution < -0.4 is 5.32 Å². The van der Waals surface area contributed by atoms with E-state index in [1.54, 1.807) is 6.08 Å². The Morgan fingerprint density at radius 3 is 2.94 bits per heavy atom. The fourth-order valence-corrected chi connectivity index (χ4v) is 2.97. The molecule has 1 heterocycles. The van der Waals surface area contributed by atoms with Crippen LogP contribution in [0, 0.1) is 5.92 Å². The highest BCUT2D eigenvalue weighted by atomic mass is 19.3. The molecule has 1 aliphatic heterocycles. The van der Waals surface area contributed by atoms with Gasteiger partial charge in [-0.15, -0.1) is 0 Å². The molecule has 1 amide bonds. The monoisotopic (exact) mass is 259 g/mol. The van der Waals surface area contributed by atoms with E-state index in [0.717, 1.165) is 18.4 Å². The van der Waals surface area contributed by atoms with Crippen LogP contribution in [-0.4, -0.2) is 29.6 Å². The van der Waals surface area contributed by atoms with Gasteiger partial charge >= 0.3 is 0 Å². The van der Waals surface area contributed by atoms with E-state index >= 15 is 0 Å². The van der Waals surface area contributed by atoms with Gasteiger partial charge in [0.15, 0.2) is 0 Å². The summed E-state index contributed by atoms with van der Waals surface area (Å²) in [6.07, 6.45) is 1.93. The number of alkyl halides is 2. The Labute approximate surface area is 105 Å². The third-order valence-corrected chi connectivity index (χ3v) is 3.83. The normalized spacial score (nSPS) is 31.9. The van der Waals surface area contributed by atoms with E-state index in [2.05, 4.69) is 5.32 Å². The second-order valence-corrected chi connectivity index (χ2v) is 5.19. The van der Waals surface area contributed by atoms with E-state index in [1.807, 2.05) is 0 Å². The maximum absolute atomic E-state index is 12.1. The van der Waals surface area contributed by atoms with Crippen LogP contribution in [0.5, 0.6) is 0 Å². The lowest BCUT2D eigenvalue weighted by molar-refractivity contribution is -0.118. The summed E-state index contributed by atoms with van der Waals surface area (Å²) in [6.45, 7) is 0. The minimum Gasteiger partial charge on any atom is -0.393 e. The van der Waals surface area contributed by atoms with Crippen LogP contribution in [0.4, 0.5) is 8.78 Å². The minimum atomic E-state index is -2.27. The number of amides is 1. The summed E-state index contributed by atoms with van der Waals surface area (Å²) < 4.78 is 24.2. The fraction of sp³-hybridized carbons (Fsp3) is 0.769. The molecule has 0 aromatic heterocycles. The fourth-order valence-electron chi connectivity index (χ4n) is 2.97. The molecular weight excluding hydrogens is 240 g/mol. The third kappa shape index (κ3) is 3.28. The van der Waals surface area contributed by atoms with E-state index in [4.69, 9.17) is 0 Å². The number of nitrogens with one attached hydrogen (secondary N) is 1. The Kier molecular flexibility index (Phi) is 4.32. The number of hydrogen-bond donors (Lipinski definition) is 2. The van der Waals surface area contributed by atoms with Crippen LogP contribution in [0.3, 0.4) is 0 Å². The van der Waals surface area contributed by atoms with Gasteiger partial charge in [-0.05, 0) is 32.1 Å². The van der Waals surface area contributed by atoms with Crippen molar-refractivity contribution in [1.29, 1.82) is 0 Å². The number of aliphatic hydroxyl groups excluding tert-OH is 1. The number of hydrogen-bond acceptors (Lipinski definition) is 2. The molecule has 5 heteroatoms. The number of carbonyl (C=O) groups is 1. The summed E-state index contributed by atoms with van der Waals surface area (Å²) in [5.41, 5.74) is 0.983. The van der Waals surface area contributed by atoms with E-state index in [-0.39, 0.29) is 30.4 Å². The second kappa shape index (κ2) is 5.78. The minimum absolute atomic E-state index is 0.0206. The molecule has 1 fully saturated rings. The van der Waals surface area contributed by atoms with Gasteiger partial charge in [0.25, 0.3) is 0 Å². The number of rotatable bonds is 4. The van der Waals surface area contributed by atoms with Crippen molar-refractivity contribution in [3.05, 3.63) is 11.6 Å². The maximum atomic E-state index is 12.1. The average molecular weight is 259 g/mol. The number of aliphatic hydroxyl groups is 1. The zero-order chi connectivity index (χ0) is 13.1. The van der Waals surface area contributed by atoms with Crippen molar-refractivity contribution in [2.24, 2.45) is 5.92 Å². The summed E-state index contributed by atoms with van der Waals surface area (Å²) in [5, 5.41) is 12.5. The predicted octanol–water partition coefficient (Wildman–Crippen LogP) is 2.01. The highest BCUT2D eigenvalue weighted by molar-refractivity contribution is 5.89. The Morgan fingerprint density at radius 1 is 1.44 bits per heavy atom. The van der Waals surface area contributed by atoms with Crippen LogP contribution in [0.25, 0.3) is 0 Å². The molecule has 2 aliphatic rings. The third-order valence-electron chi connectivity index (χ3n) is 3.83. The molecule has 1 aliphatic carbocycles. The molecule has 0 saturated heterocycles. The van der Waals surface area contributed by atoms with Gasteiger partial charge in [0, 0.05) is 24.5 Å². The van der Waals surface area contributed by atoms with E-state index < -0.39 is 6.43 Å². The molecule has 0 aromatic rings. The smallest absolute Gasteiger partial charge is 0.244 e. The van der Waals surface area contributed by atoms with Crippen molar-refractivity contribution in [2.75, 3.05) is 0 Å². The maximum Gasteiger partial charge on any atom is 0.244 e. The molecule has 2 N–H and O–H groups in total. The van der Waals surface area contributed by atoms with Crippen LogP contribution in [0.1, 0.15) is 38.5 Å². The van der Waals surface area contributed by atoms with Crippen molar-refractivity contribution in [1.82, 2.24) is 5.32 Å². The zero-order valence-electron chi connectivity index (χ0n) is 10.2. The van der Waals surface area contributed by atoms with Gasteiger partial charge < -0.3 is 10.4 Å². The lowest BCUT2D eigenvalue weighted by Crippen LogP contribution is -2.48.